The van der Waals surface area contributed by atoms with E-state index in [0.717, 1.165) is 23.4 Å². The molecule has 0 fully saturated rings. The number of carbonyl (C=O) groups excluding carboxylic acids is 1. The number of rotatable bonds is 4. The Morgan fingerprint density at radius 1 is 1.35 bits per heavy atom. The standard InChI is InChI=1S/C14H16ClNO/c15-13-7-5-12(6-8-13)10-16-14(17)9-11-3-1-2-4-11/h1,3,5-8,11H,2,4,9-10H2,(H,16,17)/t11-/m0/s1. The average Bonchev–Trinajstić information content (AvgIpc) is 2.81. The summed E-state index contributed by atoms with van der Waals surface area (Å²) < 4.78 is 0. The van der Waals surface area contributed by atoms with Gasteiger partial charge in [-0.25, -0.2) is 0 Å². The van der Waals surface area contributed by atoms with Crippen LogP contribution in [0.25, 0.3) is 0 Å². The van der Waals surface area contributed by atoms with Gasteiger partial charge < -0.3 is 5.32 Å². The Balaban J connectivity index is 1.75. The maximum atomic E-state index is 11.7. The zero-order valence-electron chi connectivity index (χ0n) is 9.66. The second-order valence-corrected chi connectivity index (χ2v) is 4.81. The Hall–Kier alpha value is -1.28. The summed E-state index contributed by atoms with van der Waals surface area (Å²) >= 11 is 5.79. The summed E-state index contributed by atoms with van der Waals surface area (Å²) in [6.45, 7) is 0.576. The molecule has 0 spiro atoms. The van der Waals surface area contributed by atoms with E-state index >= 15 is 0 Å². The van der Waals surface area contributed by atoms with E-state index in [1.807, 2.05) is 24.3 Å². The van der Waals surface area contributed by atoms with Crippen molar-refractivity contribution in [2.45, 2.75) is 25.8 Å². The summed E-state index contributed by atoms with van der Waals surface area (Å²) in [5, 5.41) is 3.65. The molecule has 17 heavy (non-hydrogen) atoms. The lowest BCUT2D eigenvalue weighted by atomic mass is 10.1. The third-order valence-electron chi connectivity index (χ3n) is 2.96. The molecule has 0 bridgehead atoms. The van der Waals surface area contributed by atoms with Gasteiger partial charge in [-0.2, -0.15) is 0 Å². The van der Waals surface area contributed by atoms with Crippen molar-refractivity contribution in [3.05, 3.63) is 47.0 Å². The van der Waals surface area contributed by atoms with Crippen LogP contribution in [0.3, 0.4) is 0 Å². The molecule has 0 saturated carbocycles. The molecule has 0 aliphatic heterocycles. The topological polar surface area (TPSA) is 29.1 Å². The Morgan fingerprint density at radius 3 is 2.76 bits per heavy atom. The van der Waals surface area contributed by atoms with Gasteiger partial charge in [0.15, 0.2) is 0 Å². The summed E-state index contributed by atoms with van der Waals surface area (Å²) in [7, 11) is 0. The molecule has 1 aromatic carbocycles. The van der Waals surface area contributed by atoms with Crippen LogP contribution in [0.5, 0.6) is 0 Å². The lowest BCUT2D eigenvalue weighted by Gasteiger charge is -2.08. The predicted octanol–water partition coefficient (Wildman–Crippen LogP) is 3.31. The van der Waals surface area contributed by atoms with E-state index in [2.05, 4.69) is 17.5 Å². The van der Waals surface area contributed by atoms with Gasteiger partial charge in [-0.05, 0) is 36.5 Å². The van der Waals surface area contributed by atoms with E-state index in [1.165, 1.54) is 0 Å². The van der Waals surface area contributed by atoms with Gasteiger partial charge in [0, 0.05) is 18.0 Å². The van der Waals surface area contributed by atoms with Crippen LogP contribution in [-0.2, 0) is 11.3 Å². The number of hydrogen-bond donors (Lipinski definition) is 1. The fourth-order valence-corrected chi connectivity index (χ4v) is 2.10. The van der Waals surface area contributed by atoms with Gasteiger partial charge in [0.25, 0.3) is 0 Å². The predicted molar refractivity (Wildman–Crippen MR) is 69.8 cm³/mol. The van der Waals surface area contributed by atoms with Crippen molar-refractivity contribution >= 4 is 17.5 Å². The first-order chi connectivity index (χ1) is 8.24. The van der Waals surface area contributed by atoms with E-state index < -0.39 is 0 Å². The first-order valence-corrected chi connectivity index (χ1v) is 6.29. The van der Waals surface area contributed by atoms with Crippen molar-refractivity contribution in [1.29, 1.82) is 0 Å². The van der Waals surface area contributed by atoms with Gasteiger partial charge in [0.2, 0.25) is 5.91 Å². The van der Waals surface area contributed by atoms with Crippen LogP contribution >= 0.6 is 11.6 Å². The second-order valence-electron chi connectivity index (χ2n) is 4.37. The fraction of sp³-hybridized carbons (Fsp3) is 0.357. The van der Waals surface area contributed by atoms with Crippen LogP contribution in [-0.4, -0.2) is 5.91 Å². The summed E-state index contributed by atoms with van der Waals surface area (Å²) in [4.78, 5) is 11.7. The molecule has 1 aromatic rings. The van der Waals surface area contributed by atoms with Crippen molar-refractivity contribution in [3.8, 4) is 0 Å². The van der Waals surface area contributed by atoms with E-state index in [0.29, 0.717) is 18.9 Å². The zero-order chi connectivity index (χ0) is 12.1. The molecular weight excluding hydrogens is 234 g/mol. The molecule has 1 amide bonds. The van der Waals surface area contributed by atoms with Crippen LogP contribution < -0.4 is 5.32 Å². The van der Waals surface area contributed by atoms with Crippen LogP contribution in [0.4, 0.5) is 0 Å². The number of carbonyl (C=O) groups is 1. The molecule has 0 radical (unpaired) electrons. The van der Waals surface area contributed by atoms with Crippen molar-refractivity contribution in [2.24, 2.45) is 5.92 Å². The van der Waals surface area contributed by atoms with Gasteiger partial charge >= 0.3 is 0 Å². The highest BCUT2D eigenvalue weighted by Crippen LogP contribution is 2.20. The smallest absolute Gasteiger partial charge is 0.220 e. The van der Waals surface area contributed by atoms with E-state index in [-0.39, 0.29) is 5.91 Å². The first kappa shape index (κ1) is 12.2. The molecule has 90 valence electrons. The monoisotopic (exact) mass is 249 g/mol. The number of allylic oxidation sites excluding steroid dienone is 2. The normalized spacial score (nSPS) is 18.3. The molecule has 0 heterocycles. The highest BCUT2D eigenvalue weighted by Gasteiger charge is 2.13. The quantitative estimate of drug-likeness (QED) is 0.815. The highest BCUT2D eigenvalue weighted by atomic mass is 35.5. The summed E-state index contributed by atoms with van der Waals surface area (Å²) in [6, 6.07) is 7.53. The van der Waals surface area contributed by atoms with Crippen molar-refractivity contribution in [3.63, 3.8) is 0 Å². The minimum atomic E-state index is 0.122. The van der Waals surface area contributed by atoms with Gasteiger partial charge in [0.05, 0.1) is 0 Å². The Bertz CT molecular complexity index is 411. The molecule has 0 aromatic heterocycles. The van der Waals surface area contributed by atoms with Crippen molar-refractivity contribution in [2.75, 3.05) is 0 Å². The lowest BCUT2D eigenvalue weighted by molar-refractivity contribution is -0.121. The maximum absolute atomic E-state index is 11.7. The van der Waals surface area contributed by atoms with E-state index in [4.69, 9.17) is 11.6 Å². The SMILES string of the molecule is O=C(C[C@H]1C=CCC1)NCc1ccc(Cl)cc1. The fourth-order valence-electron chi connectivity index (χ4n) is 1.98. The molecule has 0 unspecified atom stereocenters. The van der Waals surface area contributed by atoms with Crippen molar-refractivity contribution in [1.82, 2.24) is 5.32 Å². The minimum Gasteiger partial charge on any atom is -0.352 e. The summed E-state index contributed by atoms with van der Waals surface area (Å²) in [5.74, 6) is 0.553. The minimum absolute atomic E-state index is 0.122. The molecule has 0 saturated heterocycles. The Morgan fingerprint density at radius 2 is 2.12 bits per heavy atom. The molecule has 1 aliphatic carbocycles. The van der Waals surface area contributed by atoms with Crippen LogP contribution in [0.15, 0.2) is 36.4 Å². The number of amides is 1. The van der Waals surface area contributed by atoms with Gasteiger partial charge in [-0.1, -0.05) is 35.9 Å². The number of benzene rings is 1. The third kappa shape index (κ3) is 3.90. The molecule has 2 rings (SSSR count). The molecule has 3 heteroatoms. The Kier molecular flexibility index (Phi) is 4.21. The van der Waals surface area contributed by atoms with E-state index in [9.17, 15) is 4.79 Å². The number of halogens is 1. The summed E-state index contributed by atoms with van der Waals surface area (Å²) in [6.07, 6.45) is 7.10. The lowest BCUT2D eigenvalue weighted by Crippen LogP contribution is -2.24. The van der Waals surface area contributed by atoms with Gasteiger partial charge in [-0.15, -0.1) is 0 Å². The molecule has 2 nitrogen and oxygen atoms in total. The zero-order valence-corrected chi connectivity index (χ0v) is 10.4. The maximum Gasteiger partial charge on any atom is 0.220 e. The summed E-state index contributed by atoms with van der Waals surface area (Å²) in [5.41, 5.74) is 1.07. The Labute approximate surface area is 107 Å². The largest absolute Gasteiger partial charge is 0.352 e. The van der Waals surface area contributed by atoms with Crippen molar-refractivity contribution < 1.29 is 4.79 Å². The van der Waals surface area contributed by atoms with Crippen LogP contribution in [0.1, 0.15) is 24.8 Å². The average molecular weight is 250 g/mol. The second kappa shape index (κ2) is 5.87. The number of hydrogen-bond acceptors (Lipinski definition) is 1. The van der Waals surface area contributed by atoms with Crippen LogP contribution in [0, 0.1) is 5.92 Å². The van der Waals surface area contributed by atoms with E-state index in [1.54, 1.807) is 0 Å². The molecule has 1 N–H and O–H groups in total. The number of nitrogens with one attached hydrogen (secondary N) is 1. The molecular formula is C14H16ClNO. The molecule has 1 atom stereocenters. The van der Waals surface area contributed by atoms with Crippen LogP contribution in [0.2, 0.25) is 5.02 Å². The van der Waals surface area contributed by atoms with Gasteiger partial charge in [0.1, 0.15) is 0 Å². The highest BCUT2D eigenvalue weighted by molar-refractivity contribution is 6.30. The third-order valence-corrected chi connectivity index (χ3v) is 3.21. The first-order valence-electron chi connectivity index (χ1n) is 5.92. The van der Waals surface area contributed by atoms with Gasteiger partial charge in [-0.3, -0.25) is 4.79 Å². The molecule has 1 aliphatic rings.